The quantitative estimate of drug-likeness (QED) is 0.466. The largest absolute Gasteiger partial charge is 0.397 e. The van der Waals surface area contributed by atoms with Gasteiger partial charge >= 0.3 is 5.84 Å². The second kappa shape index (κ2) is 4.20. The minimum atomic E-state index is 0.618. The fraction of sp³-hybridized carbons (Fsp3) is 0.600. The molecule has 1 saturated heterocycles. The van der Waals surface area contributed by atoms with Crippen molar-refractivity contribution in [2.24, 2.45) is 10.9 Å². The van der Waals surface area contributed by atoms with Gasteiger partial charge in [-0.3, -0.25) is 0 Å². The van der Waals surface area contributed by atoms with Gasteiger partial charge in [0.15, 0.2) is 0 Å². The first kappa shape index (κ1) is 9.94. The lowest BCUT2D eigenvalue weighted by Gasteiger charge is -2.36. The van der Waals surface area contributed by atoms with Crippen molar-refractivity contribution in [3.05, 3.63) is 16.6 Å². The van der Waals surface area contributed by atoms with Crippen LogP contribution in [0.25, 0.3) is 4.85 Å². The standard InChI is InChI=1S/C10H16N3/c1-8(5-12-9(2)11-3)10-6-13(4)7-10/h3,5,10H,6-7H2,1-2,4H3/q+1/b8-5+,12-9?. The SMILES string of the molecule is C#[N+]C(C)=N/C=C(\C)C1CN(C)C1. The summed E-state index contributed by atoms with van der Waals surface area (Å²) in [5, 5.41) is 0. The Morgan fingerprint density at radius 1 is 1.54 bits per heavy atom. The van der Waals surface area contributed by atoms with Crippen LogP contribution in [-0.2, 0) is 0 Å². The van der Waals surface area contributed by atoms with Crippen LogP contribution in [0.4, 0.5) is 0 Å². The van der Waals surface area contributed by atoms with E-state index in [-0.39, 0.29) is 0 Å². The summed E-state index contributed by atoms with van der Waals surface area (Å²) < 4.78 is 0. The van der Waals surface area contributed by atoms with Crippen LogP contribution in [0, 0.1) is 12.5 Å². The van der Waals surface area contributed by atoms with E-state index < -0.39 is 0 Å². The lowest BCUT2D eigenvalue weighted by molar-refractivity contribution is 0.161. The minimum absolute atomic E-state index is 0.618. The summed E-state index contributed by atoms with van der Waals surface area (Å²) >= 11 is 0. The molecule has 1 aliphatic rings. The molecule has 0 unspecified atom stereocenters. The van der Waals surface area contributed by atoms with Crippen LogP contribution in [0.1, 0.15) is 13.8 Å². The van der Waals surface area contributed by atoms with E-state index in [1.807, 2.05) is 6.20 Å². The highest BCUT2D eigenvalue weighted by molar-refractivity contribution is 5.89. The van der Waals surface area contributed by atoms with Gasteiger partial charge in [-0.2, -0.15) is 4.85 Å². The Balaban J connectivity index is 2.49. The van der Waals surface area contributed by atoms with E-state index in [9.17, 15) is 0 Å². The Morgan fingerprint density at radius 2 is 2.15 bits per heavy atom. The third-order valence-electron chi connectivity index (χ3n) is 2.35. The van der Waals surface area contributed by atoms with Crippen LogP contribution < -0.4 is 0 Å². The van der Waals surface area contributed by atoms with E-state index >= 15 is 0 Å². The zero-order valence-corrected chi connectivity index (χ0v) is 8.49. The van der Waals surface area contributed by atoms with Crippen LogP contribution in [0.5, 0.6) is 0 Å². The number of amidine groups is 1. The van der Waals surface area contributed by atoms with Crippen LogP contribution in [0.2, 0.25) is 0 Å². The highest BCUT2D eigenvalue weighted by atomic mass is 15.2. The molecule has 13 heavy (non-hydrogen) atoms. The monoisotopic (exact) mass is 178 g/mol. The molecule has 0 aromatic carbocycles. The van der Waals surface area contributed by atoms with Gasteiger partial charge in [-0.15, -0.1) is 0 Å². The number of likely N-dealkylation sites (tertiary alicyclic amines) is 1. The molecule has 0 amide bonds. The average molecular weight is 178 g/mol. The molecule has 0 atom stereocenters. The maximum Gasteiger partial charge on any atom is 0.397 e. The van der Waals surface area contributed by atoms with E-state index in [1.165, 1.54) is 5.57 Å². The summed E-state index contributed by atoms with van der Waals surface area (Å²) in [6.45, 7) is 11.2. The Labute approximate surface area is 79.6 Å². The molecule has 0 N–H and O–H groups in total. The molecule has 0 spiro atoms. The predicted molar refractivity (Wildman–Crippen MR) is 56.2 cm³/mol. The summed E-state index contributed by atoms with van der Waals surface area (Å²) in [5.74, 6) is 1.28. The number of aliphatic imine (C=N–C) groups is 1. The zero-order chi connectivity index (χ0) is 9.84. The van der Waals surface area contributed by atoms with Crippen molar-refractivity contribution in [3.8, 4) is 6.57 Å². The lowest BCUT2D eigenvalue weighted by atomic mass is 9.94. The fourth-order valence-electron chi connectivity index (χ4n) is 1.32. The molecule has 1 heterocycles. The zero-order valence-electron chi connectivity index (χ0n) is 8.49. The highest BCUT2D eigenvalue weighted by Gasteiger charge is 2.24. The Kier molecular flexibility index (Phi) is 3.21. The van der Waals surface area contributed by atoms with Gasteiger partial charge in [-0.25, -0.2) is 0 Å². The third-order valence-corrected chi connectivity index (χ3v) is 2.35. The highest BCUT2D eigenvalue weighted by Crippen LogP contribution is 2.21. The van der Waals surface area contributed by atoms with E-state index in [2.05, 4.69) is 28.7 Å². The van der Waals surface area contributed by atoms with Crippen molar-refractivity contribution in [1.29, 1.82) is 0 Å². The number of hydrogen-bond acceptors (Lipinski definition) is 2. The molecular weight excluding hydrogens is 162 g/mol. The van der Waals surface area contributed by atoms with Gasteiger partial charge in [0, 0.05) is 19.0 Å². The van der Waals surface area contributed by atoms with Gasteiger partial charge in [0.05, 0.1) is 6.92 Å². The molecule has 0 saturated carbocycles. The van der Waals surface area contributed by atoms with Gasteiger partial charge < -0.3 is 4.90 Å². The van der Waals surface area contributed by atoms with E-state index in [0.717, 1.165) is 13.1 Å². The molecule has 0 aliphatic carbocycles. The van der Waals surface area contributed by atoms with Crippen molar-refractivity contribution in [2.45, 2.75) is 13.8 Å². The van der Waals surface area contributed by atoms with Crippen molar-refractivity contribution < 1.29 is 0 Å². The lowest BCUT2D eigenvalue weighted by Crippen LogP contribution is -2.44. The molecule has 1 fully saturated rings. The molecule has 1 aliphatic heterocycles. The van der Waals surface area contributed by atoms with Gasteiger partial charge in [-0.1, -0.05) is 0 Å². The van der Waals surface area contributed by atoms with Crippen molar-refractivity contribution in [3.63, 3.8) is 0 Å². The molecule has 3 nitrogen and oxygen atoms in total. The first-order valence-electron chi connectivity index (χ1n) is 4.44. The van der Waals surface area contributed by atoms with E-state index in [0.29, 0.717) is 11.8 Å². The van der Waals surface area contributed by atoms with Gasteiger partial charge in [-0.05, 0) is 24.5 Å². The first-order valence-corrected chi connectivity index (χ1v) is 4.44. The van der Waals surface area contributed by atoms with Crippen LogP contribution in [0.15, 0.2) is 16.8 Å². The minimum Gasteiger partial charge on any atom is -0.305 e. The normalized spacial score (nSPS) is 21.1. The van der Waals surface area contributed by atoms with Gasteiger partial charge in [0.1, 0.15) is 12.8 Å². The predicted octanol–water partition coefficient (Wildman–Crippen LogP) is 1.83. The Hall–Kier alpha value is -1.14. The maximum absolute atomic E-state index is 5.06. The van der Waals surface area contributed by atoms with Crippen LogP contribution in [0.3, 0.4) is 0 Å². The van der Waals surface area contributed by atoms with Gasteiger partial charge in [0.25, 0.3) is 0 Å². The fourth-order valence-corrected chi connectivity index (χ4v) is 1.32. The summed E-state index contributed by atoms with van der Waals surface area (Å²) in [6.07, 6.45) is 1.86. The van der Waals surface area contributed by atoms with Gasteiger partial charge in [0.2, 0.25) is 0 Å². The average Bonchev–Trinajstić information content (AvgIpc) is 2.08. The Morgan fingerprint density at radius 3 is 2.62 bits per heavy atom. The maximum atomic E-state index is 5.06. The second-order valence-electron chi connectivity index (χ2n) is 3.60. The number of rotatable bonds is 2. The number of nitrogens with zero attached hydrogens (tertiary/aromatic N) is 3. The summed E-state index contributed by atoms with van der Waals surface area (Å²) in [7, 11) is 2.12. The van der Waals surface area contributed by atoms with Crippen molar-refractivity contribution in [2.75, 3.05) is 20.1 Å². The molecule has 1 rings (SSSR count). The van der Waals surface area contributed by atoms with E-state index in [1.54, 1.807) is 6.92 Å². The summed E-state index contributed by atoms with van der Waals surface area (Å²) in [4.78, 5) is 9.87. The second-order valence-corrected chi connectivity index (χ2v) is 3.60. The smallest absolute Gasteiger partial charge is 0.305 e. The molecule has 0 aromatic rings. The molecule has 70 valence electrons. The molecule has 0 aromatic heterocycles. The summed E-state index contributed by atoms with van der Waals surface area (Å²) in [6, 6.07) is 0. The first-order chi connectivity index (χ1) is 6.13. The molecule has 0 radical (unpaired) electrons. The number of hydrogen-bond donors (Lipinski definition) is 0. The third kappa shape index (κ3) is 2.67. The van der Waals surface area contributed by atoms with Crippen molar-refractivity contribution in [1.82, 2.24) is 4.90 Å². The van der Waals surface area contributed by atoms with Crippen LogP contribution >= 0.6 is 0 Å². The summed E-state index contributed by atoms with van der Waals surface area (Å²) in [5.41, 5.74) is 1.31. The molecular formula is C10H16N3+. The topological polar surface area (TPSA) is 20.0 Å². The molecule has 0 bridgehead atoms. The van der Waals surface area contributed by atoms with E-state index in [4.69, 9.17) is 6.57 Å². The Bertz CT molecular complexity index is 277. The van der Waals surface area contributed by atoms with Crippen molar-refractivity contribution >= 4 is 5.84 Å². The van der Waals surface area contributed by atoms with Crippen LogP contribution in [-0.4, -0.2) is 30.9 Å². The molecule has 3 heteroatoms.